The highest BCUT2D eigenvalue weighted by Gasteiger charge is 2.31. The van der Waals surface area contributed by atoms with Crippen LogP contribution in [-0.2, 0) is 0 Å². The molecule has 1 aromatic heterocycles. The van der Waals surface area contributed by atoms with Crippen molar-refractivity contribution in [2.24, 2.45) is 0 Å². The highest BCUT2D eigenvalue weighted by Crippen LogP contribution is 2.38. The second kappa shape index (κ2) is 9.04. The van der Waals surface area contributed by atoms with Crippen LogP contribution in [0.3, 0.4) is 0 Å². The molecule has 1 N–H and O–H groups in total. The number of rotatable bonds is 4. The second-order valence-electron chi connectivity index (χ2n) is 7.93. The monoisotopic (exact) mass is 448 g/mol. The van der Waals surface area contributed by atoms with Crippen molar-refractivity contribution in [1.82, 2.24) is 4.90 Å². The molecule has 1 saturated heterocycles. The molecule has 1 atom stereocenters. The Morgan fingerprint density at radius 2 is 1.84 bits per heavy atom. The first-order chi connectivity index (χ1) is 15.7. The van der Waals surface area contributed by atoms with Gasteiger partial charge in [-0.1, -0.05) is 18.2 Å². The zero-order chi connectivity index (χ0) is 21.9. The number of nitrogens with zero attached hydrogens (tertiary/aromatic N) is 1. The molecule has 164 valence electrons. The quantitative estimate of drug-likeness (QED) is 0.600. The Kier molecular flexibility index (Phi) is 5.81. The number of anilines is 1. The van der Waals surface area contributed by atoms with Gasteiger partial charge in [-0.05, 0) is 60.2 Å². The van der Waals surface area contributed by atoms with E-state index in [0.29, 0.717) is 35.9 Å². The second-order valence-corrected chi connectivity index (χ2v) is 8.87. The van der Waals surface area contributed by atoms with Gasteiger partial charge in [-0.15, -0.1) is 11.3 Å². The van der Waals surface area contributed by atoms with Gasteiger partial charge in [-0.2, -0.15) is 0 Å². The number of carbonyl (C=O) groups is 2. The van der Waals surface area contributed by atoms with Crippen LogP contribution in [-0.4, -0.2) is 36.5 Å². The van der Waals surface area contributed by atoms with E-state index in [1.807, 2.05) is 34.5 Å². The molecule has 3 heterocycles. The molecule has 0 aliphatic carbocycles. The lowest BCUT2D eigenvalue weighted by Gasteiger charge is -2.26. The van der Waals surface area contributed by atoms with Gasteiger partial charge in [0.1, 0.15) is 0 Å². The number of hydrogen-bond acceptors (Lipinski definition) is 5. The summed E-state index contributed by atoms with van der Waals surface area (Å²) in [5.41, 5.74) is 2.23. The van der Waals surface area contributed by atoms with Crippen molar-refractivity contribution in [3.8, 4) is 11.5 Å². The van der Waals surface area contributed by atoms with Crippen LogP contribution in [0, 0.1) is 0 Å². The lowest BCUT2D eigenvalue weighted by atomic mass is 10.0. The summed E-state index contributed by atoms with van der Waals surface area (Å²) in [5, 5.41) is 4.75. The van der Waals surface area contributed by atoms with Gasteiger partial charge in [0.25, 0.3) is 11.8 Å². The lowest BCUT2D eigenvalue weighted by molar-refractivity contribution is 0.0735. The number of fused-ring (bicyclic) bond motifs is 1. The Bertz CT molecular complexity index is 1130. The number of likely N-dealkylation sites (tertiary alicyclic amines) is 1. The fraction of sp³-hybridized carbons (Fsp3) is 0.280. The Morgan fingerprint density at radius 3 is 2.69 bits per heavy atom. The van der Waals surface area contributed by atoms with Gasteiger partial charge in [0.2, 0.25) is 0 Å². The Morgan fingerprint density at radius 1 is 0.969 bits per heavy atom. The number of nitrogens with one attached hydrogen (secondary N) is 1. The summed E-state index contributed by atoms with van der Waals surface area (Å²) in [4.78, 5) is 28.3. The van der Waals surface area contributed by atoms with E-state index in [1.165, 1.54) is 11.3 Å². The number of hydrogen-bond donors (Lipinski definition) is 1. The molecule has 0 radical (unpaired) electrons. The maximum absolute atomic E-state index is 13.4. The molecular formula is C25H24N2O4S. The normalized spacial score (nSPS) is 17.6. The van der Waals surface area contributed by atoms with E-state index >= 15 is 0 Å². The Hall–Kier alpha value is -3.32. The molecule has 0 bridgehead atoms. The first-order valence-corrected chi connectivity index (χ1v) is 11.7. The van der Waals surface area contributed by atoms with Crippen molar-refractivity contribution in [3.05, 3.63) is 76.0 Å². The van der Waals surface area contributed by atoms with Crippen molar-refractivity contribution in [2.75, 3.05) is 25.1 Å². The van der Waals surface area contributed by atoms with Crippen LogP contribution < -0.4 is 14.8 Å². The Balaban J connectivity index is 1.35. The predicted molar refractivity (Wildman–Crippen MR) is 124 cm³/mol. The third-order valence-corrected chi connectivity index (χ3v) is 6.65. The minimum Gasteiger partial charge on any atom is -0.490 e. The number of thiophene rings is 1. The summed E-state index contributed by atoms with van der Waals surface area (Å²) < 4.78 is 11.6. The fourth-order valence-corrected chi connectivity index (χ4v) is 4.86. The smallest absolute Gasteiger partial charge is 0.265 e. The van der Waals surface area contributed by atoms with Crippen LogP contribution in [0.25, 0.3) is 0 Å². The highest BCUT2D eigenvalue weighted by molar-refractivity contribution is 7.12. The average Bonchev–Trinajstić information content (AvgIpc) is 3.47. The Labute approximate surface area is 190 Å². The molecule has 0 spiro atoms. The summed E-state index contributed by atoms with van der Waals surface area (Å²) in [6.45, 7) is 1.98. The summed E-state index contributed by atoms with van der Waals surface area (Å²) in [6, 6.07) is 16.7. The molecule has 2 amide bonds. The minimum atomic E-state index is -0.171. The van der Waals surface area contributed by atoms with Gasteiger partial charge < -0.3 is 19.7 Å². The molecule has 0 saturated carbocycles. The zero-order valence-corrected chi connectivity index (χ0v) is 18.4. The standard InChI is InChI=1S/C25H24N2O4S/c28-24(23-8-3-14-32-23)26-19-6-1-5-18(15-19)25(29)27-11-2-7-20(27)17-9-10-21-22(16-17)31-13-4-12-30-21/h1,3,5-6,8-10,14-16,20H,2,4,7,11-13H2,(H,26,28)/t20-/m0/s1. The van der Waals surface area contributed by atoms with E-state index in [1.54, 1.807) is 30.3 Å². The summed E-state index contributed by atoms with van der Waals surface area (Å²) in [7, 11) is 0. The van der Waals surface area contributed by atoms with Crippen molar-refractivity contribution in [2.45, 2.75) is 25.3 Å². The fourth-order valence-electron chi connectivity index (χ4n) is 4.24. The molecule has 7 heteroatoms. The summed E-state index contributed by atoms with van der Waals surface area (Å²) >= 11 is 1.38. The molecule has 0 unspecified atom stereocenters. The van der Waals surface area contributed by atoms with E-state index in [2.05, 4.69) is 5.32 Å². The van der Waals surface area contributed by atoms with E-state index in [0.717, 1.165) is 36.3 Å². The van der Waals surface area contributed by atoms with Gasteiger partial charge in [0, 0.05) is 24.2 Å². The molecule has 3 aromatic rings. The van der Waals surface area contributed by atoms with Gasteiger partial charge in [0.05, 0.1) is 24.1 Å². The van der Waals surface area contributed by atoms with Crippen molar-refractivity contribution >= 4 is 28.8 Å². The predicted octanol–water partition coefficient (Wildman–Crippen LogP) is 5.14. The van der Waals surface area contributed by atoms with Crippen LogP contribution in [0.15, 0.2) is 60.0 Å². The SMILES string of the molecule is O=C(Nc1cccc(C(=O)N2CCC[C@H]2c2ccc3c(c2)OCCCO3)c1)c1cccs1. The van der Waals surface area contributed by atoms with Crippen LogP contribution in [0.4, 0.5) is 5.69 Å². The van der Waals surface area contributed by atoms with Gasteiger partial charge in [0.15, 0.2) is 11.5 Å². The number of benzene rings is 2. The number of ether oxygens (including phenoxy) is 2. The molecule has 1 fully saturated rings. The van der Waals surface area contributed by atoms with E-state index in [4.69, 9.17) is 9.47 Å². The van der Waals surface area contributed by atoms with E-state index in [9.17, 15) is 9.59 Å². The molecular weight excluding hydrogens is 424 g/mol. The zero-order valence-electron chi connectivity index (χ0n) is 17.6. The van der Waals surface area contributed by atoms with Crippen LogP contribution in [0.2, 0.25) is 0 Å². The molecule has 6 nitrogen and oxygen atoms in total. The third kappa shape index (κ3) is 4.21. The van der Waals surface area contributed by atoms with Crippen molar-refractivity contribution in [1.29, 1.82) is 0 Å². The molecule has 2 aliphatic rings. The molecule has 32 heavy (non-hydrogen) atoms. The van der Waals surface area contributed by atoms with E-state index in [-0.39, 0.29) is 17.9 Å². The number of carbonyl (C=O) groups excluding carboxylic acids is 2. The van der Waals surface area contributed by atoms with Crippen molar-refractivity contribution < 1.29 is 19.1 Å². The molecule has 2 aromatic carbocycles. The molecule has 2 aliphatic heterocycles. The maximum Gasteiger partial charge on any atom is 0.265 e. The van der Waals surface area contributed by atoms with Crippen LogP contribution in [0.5, 0.6) is 11.5 Å². The first-order valence-electron chi connectivity index (χ1n) is 10.8. The first kappa shape index (κ1) is 20.6. The topological polar surface area (TPSA) is 67.9 Å². The summed E-state index contributed by atoms with van der Waals surface area (Å²) in [5.74, 6) is 1.30. The van der Waals surface area contributed by atoms with E-state index < -0.39 is 0 Å². The third-order valence-electron chi connectivity index (χ3n) is 5.78. The van der Waals surface area contributed by atoms with Crippen LogP contribution >= 0.6 is 11.3 Å². The average molecular weight is 449 g/mol. The van der Waals surface area contributed by atoms with Crippen LogP contribution in [0.1, 0.15) is 50.9 Å². The highest BCUT2D eigenvalue weighted by atomic mass is 32.1. The number of amides is 2. The molecule has 5 rings (SSSR count). The van der Waals surface area contributed by atoms with Gasteiger partial charge in [-0.3, -0.25) is 9.59 Å². The maximum atomic E-state index is 13.4. The van der Waals surface area contributed by atoms with Gasteiger partial charge >= 0.3 is 0 Å². The lowest BCUT2D eigenvalue weighted by Crippen LogP contribution is -2.30. The van der Waals surface area contributed by atoms with Crippen molar-refractivity contribution in [3.63, 3.8) is 0 Å². The van der Waals surface area contributed by atoms with Gasteiger partial charge in [-0.25, -0.2) is 0 Å². The largest absolute Gasteiger partial charge is 0.490 e. The summed E-state index contributed by atoms with van der Waals surface area (Å²) in [6.07, 6.45) is 2.71. The minimum absolute atomic E-state index is 0.0102.